The van der Waals surface area contributed by atoms with Gasteiger partial charge >= 0.3 is 0 Å². The van der Waals surface area contributed by atoms with Crippen molar-refractivity contribution >= 4 is 5.91 Å². The predicted octanol–water partition coefficient (Wildman–Crippen LogP) is 3.23. The lowest BCUT2D eigenvalue weighted by atomic mass is 9.64. The Balaban J connectivity index is 2.30. The molecule has 2 nitrogen and oxygen atoms in total. The van der Waals surface area contributed by atoms with E-state index in [1.54, 1.807) is 0 Å². The number of carbonyl (C=O) groups is 1. The number of rotatable bonds is 3. The van der Waals surface area contributed by atoms with Gasteiger partial charge < -0.3 is 5.73 Å². The van der Waals surface area contributed by atoms with E-state index in [1.807, 2.05) is 18.2 Å². The molecule has 0 spiro atoms. The van der Waals surface area contributed by atoms with E-state index in [0.29, 0.717) is 0 Å². The average Bonchev–Trinajstić information content (AvgIpc) is 2.39. The Labute approximate surface area is 103 Å². The quantitative estimate of drug-likeness (QED) is 0.852. The third kappa shape index (κ3) is 2.21. The minimum Gasteiger partial charge on any atom is -0.369 e. The molecule has 2 rings (SSSR count). The summed E-state index contributed by atoms with van der Waals surface area (Å²) in [6, 6.07) is 10.3. The third-order valence-electron chi connectivity index (χ3n) is 4.36. The van der Waals surface area contributed by atoms with Crippen LogP contribution in [-0.2, 0) is 4.79 Å². The Bertz CT molecular complexity index is 379. The van der Waals surface area contributed by atoms with Gasteiger partial charge in [-0.1, -0.05) is 56.5 Å². The van der Waals surface area contributed by atoms with Crippen molar-refractivity contribution in [1.29, 1.82) is 0 Å². The number of benzene rings is 1. The number of primary amides is 1. The van der Waals surface area contributed by atoms with Crippen molar-refractivity contribution in [3.05, 3.63) is 35.9 Å². The van der Waals surface area contributed by atoms with Gasteiger partial charge in [-0.3, -0.25) is 4.79 Å². The van der Waals surface area contributed by atoms with E-state index in [2.05, 4.69) is 19.1 Å². The van der Waals surface area contributed by atoms with Crippen LogP contribution in [0.2, 0.25) is 0 Å². The molecule has 1 aliphatic rings. The highest BCUT2D eigenvalue weighted by Gasteiger charge is 2.43. The Morgan fingerprint density at radius 3 is 2.29 bits per heavy atom. The van der Waals surface area contributed by atoms with Crippen LogP contribution in [0.1, 0.15) is 50.5 Å². The van der Waals surface area contributed by atoms with Crippen molar-refractivity contribution in [3.8, 4) is 0 Å². The van der Waals surface area contributed by atoms with Gasteiger partial charge in [0.1, 0.15) is 0 Å². The zero-order valence-electron chi connectivity index (χ0n) is 10.5. The Hall–Kier alpha value is -1.31. The normalized spacial score (nSPS) is 20.8. The monoisotopic (exact) mass is 231 g/mol. The molecule has 1 amide bonds. The van der Waals surface area contributed by atoms with Gasteiger partial charge in [0, 0.05) is 0 Å². The summed E-state index contributed by atoms with van der Waals surface area (Å²) >= 11 is 0. The molecular weight excluding hydrogens is 210 g/mol. The maximum absolute atomic E-state index is 11.9. The summed E-state index contributed by atoms with van der Waals surface area (Å²) in [4.78, 5) is 11.9. The van der Waals surface area contributed by atoms with E-state index >= 15 is 0 Å². The van der Waals surface area contributed by atoms with Crippen molar-refractivity contribution < 1.29 is 4.79 Å². The van der Waals surface area contributed by atoms with Crippen LogP contribution in [0.5, 0.6) is 0 Å². The molecule has 2 heteroatoms. The molecule has 92 valence electrons. The average molecular weight is 231 g/mol. The highest BCUT2D eigenvalue weighted by Crippen LogP contribution is 2.46. The first-order valence-electron chi connectivity index (χ1n) is 6.52. The number of carbonyl (C=O) groups excluding carboxylic acids is 1. The first-order chi connectivity index (χ1) is 8.17. The molecular formula is C15H21NO. The molecule has 0 bridgehead atoms. The molecule has 1 atom stereocenters. The maximum Gasteiger partial charge on any atom is 0.224 e. The van der Waals surface area contributed by atoms with Crippen LogP contribution in [0.25, 0.3) is 0 Å². The predicted molar refractivity (Wildman–Crippen MR) is 69.6 cm³/mol. The molecule has 1 fully saturated rings. The van der Waals surface area contributed by atoms with Gasteiger partial charge in [0.15, 0.2) is 0 Å². The lowest BCUT2D eigenvalue weighted by Gasteiger charge is -2.39. The fourth-order valence-electron chi connectivity index (χ4n) is 3.14. The first-order valence-corrected chi connectivity index (χ1v) is 6.52. The fraction of sp³-hybridized carbons (Fsp3) is 0.533. The summed E-state index contributed by atoms with van der Waals surface area (Å²) in [5.74, 6) is 0.107. The van der Waals surface area contributed by atoms with Crippen molar-refractivity contribution in [2.75, 3.05) is 0 Å². The summed E-state index contributed by atoms with van der Waals surface area (Å²) in [5, 5.41) is 0. The summed E-state index contributed by atoms with van der Waals surface area (Å²) in [6.45, 7) is 2.14. The van der Waals surface area contributed by atoms with Gasteiger partial charge in [-0.05, 0) is 24.3 Å². The SMILES string of the molecule is CC(c1ccccc1)C1(C(N)=O)CCCCC1. The molecule has 0 aromatic heterocycles. The molecule has 0 saturated heterocycles. The van der Waals surface area contributed by atoms with Crippen molar-refractivity contribution in [2.24, 2.45) is 11.1 Å². The lowest BCUT2D eigenvalue weighted by Crippen LogP contribution is -2.42. The molecule has 0 heterocycles. The summed E-state index contributed by atoms with van der Waals surface area (Å²) in [7, 11) is 0. The van der Waals surface area contributed by atoms with Crippen LogP contribution in [0.4, 0.5) is 0 Å². The fourth-order valence-corrected chi connectivity index (χ4v) is 3.14. The lowest BCUT2D eigenvalue weighted by molar-refractivity contribution is -0.130. The van der Waals surface area contributed by atoms with Crippen molar-refractivity contribution in [1.82, 2.24) is 0 Å². The molecule has 1 unspecified atom stereocenters. The largest absolute Gasteiger partial charge is 0.369 e. The van der Waals surface area contributed by atoms with E-state index in [-0.39, 0.29) is 17.2 Å². The highest BCUT2D eigenvalue weighted by atomic mass is 16.1. The Morgan fingerprint density at radius 2 is 1.76 bits per heavy atom. The molecule has 1 saturated carbocycles. The van der Waals surface area contributed by atoms with E-state index in [4.69, 9.17) is 5.73 Å². The highest BCUT2D eigenvalue weighted by molar-refractivity contribution is 5.82. The van der Waals surface area contributed by atoms with E-state index in [0.717, 1.165) is 25.7 Å². The number of hydrogen-bond donors (Lipinski definition) is 1. The van der Waals surface area contributed by atoms with Gasteiger partial charge in [-0.2, -0.15) is 0 Å². The van der Waals surface area contributed by atoms with Gasteiger partial charge in [0.25, 0.3) is 0 Å². The minimum absolute atomic E-state index is 0.117. The van der Waals surface area contributed by atoms with Crippen LogP contribution in [-0.4, -0.2) is 5.91 Å². The minimum atomic E-state index is -0.320. The third-order valence-corrected chi connectivity index (χ3v) is 4.36. The van der Waals surface area contributed by atoms with Gasteiger partial charge in [-0.15, -0.1) is 0 Å². The second-order valence-corrected chi connectivity index (χ2v) is 5.21. The molecule has 2 N–H and O–H groups in total. The van der Waals surface area contributed by atoms with Crippen LogP contribution >= 0.6 is 0 Å². The molecule has 0 aliphatic heterocycles. The molecule has 1 aromatic carbocycles. The topological polar surface area (TPSA) is 43.1 Å². The second-order valence-electron chi connectivity index (χ2n) is 5.21. The van der Waals surface area contributed by atoms with Crippen LogP contribution in [0.15, 0.2) is 30.3 Å². The zero-order valence-corrected chi connectivity index (χ0v) is 10.5. The van der Waals surface area contributed by atoms with Crippen LogP contribution in [0.3, 0.4) is 0 Å². The number of hydrogen-bond acceptors (Lipinski definition) is 1. The maximum atomic E-state index is 11.9. The Kier molecular flexibility index (Phi) is 3.51. The summed E-state index contributed by atoms with van der Waals surface area (Å²) in [6.07, 6.45) is 5.37. The van der Waals surface area contributed by atoms with Crippen LogP contribution in [0, 0.1) is 5.41 Å². The summed E-state index contributed by atoms with van der Waals surface area (Å²) in [5.41, 5.74) is 6.61. The molecule has 0 radical (unpaired) electrons. The van der Waals surface area contributed by atoms with Gasteiger partial charge in [-0.25, -0.2) is 0 Å². The number of nitrogens with two attached hydrogens (primary N) is 1. The Morgan fingerprint density at radius 1 is 1.18 bits per heavy atom. The molecule has 1 aliphatic carbocycles. The van der Waals surface area contributed by atoms with E-state index in [1.165, 1.54) is 12.0 Å². The standard InChI is InChI=1S/C15H21NO/c1-12(13-8-4-2-5-9-13)15(14(16)17)10-6-3-7-11-15/h2,4-5,8-9,12H,3,6-7,10-11H2,1H3,(H2,16,17). The van der Waals surface area contributed by atoms with Crippen molar-refractivity contribution in [2.45, 2.75) is 44.9 Å². The number of amides is 1. The van der Waals surface area contributed by atoms with E-state index < -0.39 is 0 Å². The van der Waals surface area contributed by atoms with Crippen LogP contribution < -0.4 is 5.73 Å². The second kappa shape index (κ2) is 4.91. The zero-order chi connectivity index (χ0) is 12.3. The van der Waals surface area contributed by atoms with E-state index in [9.17, 15) is 4.79 Å². The van der Waals surface area contributed by atoms with Gasteiger partial charge in [0.2, 0.25) is 5.91 Å². The van der Waals surface area contributed by atoms with Gasteiger partial charge in [0.05, 0.1) is 5.41 Å². The summed E-state index contributed by atoms with van der Waals surface area (Å²) < 4.78 is 0. The molecule has 17 heavy (non-hydrogen) atoms. The van der Waals surface area contributed by atoms with Crippen molar-refractivity contribution in [3.63, 3.8) is 0 Å². The first kappa shape index (κ1) is 12.2. The smallest absolute Gasteiger partial charge is 0.224 e. The molecule has 1 aromatic rings.